The number of pyridine rings is 1. The number of nitrogens with one attached hydrogen (secondary N) is 1. The standard InChI is InChI=1S/C17H23N3O5/c1-25-10-2-6-19-15(21)12-4-8-20(9-5-12)16(22)13-3-7-18-14(11-13)17(23)24/h3,7,11-12H,2,4-6,8-10H2,1H3,(H,19,21)(H,23,24). The number of carbonyl (C=O) groups excluding carboxylic acids is 2. The van der Waals surface area contributed by atoms with Gasteiger partial charge in [-0.25, -0.2) is 9.78 Å². The lowest BCUT2D eigenvalue weighted by Crippen LogP contribution is -2.43. The van der Waals surface area contributed by atoms with E-state index in [1.54, 1.807) is 12.0 Å². The van der Waals surface area contributed by atoms with Crippen LogP contribution in [0, 0.1) is 5.92 Å². The lowest BCUT2D eigenvalue weighted by atomic mass is 9.95. The Labute approximate surface area is 146 Å². The highest BCUT2D eigenvalue weighted by Crippen LogP contribution is 2.19. The van der Waals surface area contributed by atoms with Gasteiger partial charge in [-0.15, -0.1) is 0 Å². The maximum atomic E-state index is 12.5. The molecule has 2 heterocycles. The molecule has 1 saturated heterocycles. The number of piperidine rings is 1. The predicted octanol–water partition coefficient (Wildman–Crippen LogP) is 0.785. The summed E-state index contributed by atoms with van der Waals surface area (Å²) in [5.74, 6) is -1.48. The van der Waals surface area contributed by atoms with Crippen LogP contribution in [0.4, 0.5) is 0 Å². The van der Waals surface area contributed by atoms with Gasteiger partial charge in [-0.3, -0.25) is 9.59 Å². The van der Waals surface area contributed by atoms with Crippen molar-refractivity contribution in [3.63, 3.8) is 0 Å². The molecule has 8 nitrogen and oxygen atoms in total. The third-order valence-electron chi connectivity index (χ3n) is 4.20. The molecule has 0 radical (unpaired) electrons. The number of carboxylic acids is 1. The number of carboxylic acid groups (broad SMARTS) is 1. The van der Waals surface area contributed by atoms with E-state index >= 15 is 0 Å². The molecule has 25 heavy (non-hydrogen) atoms. The molecule has 0 saturated carbocycles. The van der Waals surface area contributed by atoms with Crippen molar-refractivity contribution in [2.45, 2.75) is 19.3 Å². The number of amides is 2. The molecule has 1 aliphatic heterocycles. The van der Waals surface area contributed by atoms with Crippen LogP contribution in [0.3, 0.4) is 0 Å². The Bertz CT molecular complexity index is 626. The van der Waals surface area contributed by atoms with Crippen molar-refractivity contribution in [2.24, 2.45) is 5.92 Å². The number of methoxy groups -OCH3 is 1. The van der Waals surface area contributed by atoms with E-state index in [1.807, 2.05) is 0 Å². The number of nitrogens with zero attached hydrogens (tertiary/aromatic N) is 2. The first-order chi connectivity index (χ1) is 12.0. The van der Waals surface area contributed by atoms with Crippen molar-refractivity contribution in [1.82, 2.24) is 15.2 Å². The zero-order valence-corrected chi connectivity index (χ0v) is 14.2. The van der Waals surface area contributed by atoms with Crippen LogP contribution in [0.1, 0.15) is 40.1 Å². The molecule has 136 valence electrons. The van der Waals surface area contributed by atoms with Crippen LogP contribution in [-0.4, -0.2) is 66.1 Å². The molecule has 1 aromatic rings. The SMILES string of the molecule is COCCCNC(=O)C1CCN(C(=O)c2ccnc(C(=O)O)c2)CC1. The first-order valence-electron chi connectivity index (χ1n) is 8.28. The van der Waals surface area contributed by atoms with Gasteiger partial charge in [-0.05, 0) is 31.4 Å². The van der Waals surface area contributed by atoms with Crippen LogP contribution < -0.4 is 5.32 Å². The molecule has 2 N–H and O–H groups in total. The van der Waals surface area contributed by atoms with E-state index < -0.39 is 5.97 Å². The minimum Gasteiger partial charge on any atom is -0.477 e. The lowest BCUT2D eigenvalue weighted by Gasteiger charge is -2.31. The fraction of sp³-hybridized carbons (Fsp3) is 0.529. The van der Waals surface area contributed by atoms with E-state index in [2.05, 4.69) is 10.3 Å². The number of aromatic nitrogens is 1. The highest BCUT2D eigenvalue weighted by atomic mass is 16.5. The Morgan fingerprint density at radius 1 is 1.36 bits per heavy atom. The molecule has 0 atom stereocenters. The number of hydrogen-bond donors (Lipinski definition) is 2. The summed E-state index contributed by atoms with van der Waals surface area (Å²) in [6, 6.07) is 2.78. The maximum Gasteiger partial charge on any atom is 0.354 e. The number of likely N-dealkylation sites (tertiary alicyclic amines) is 1. The Kier molecular flexibility index (Phi) is 6.88. The van der Waals surface area contributed by atoms with Crippen LogP contribution in [-0.2, 0) is 9.53 Å². The Morgan fingerprint density at radius 2 is 2.08 bits per heavy atom. The molecule has 0 unspecified atom stereocenters. The molecular formula is C17H23N3O5. The number of rotatable bonds is 7. The summed E-state index contributed by atoms with van der Waals surface area (Å²) in [4.78, 5) is 40.9. The van der Waals surface area contributed by atoms with Gasteiger partial charge in [0.25, 0.3) is 5.91 Å². The van der Waals surface area contributed by atoms with Crippen molar-refractivity contribution in [2.75, 3.05) is 33.4 Å². The highest BCUT2D eigenvalue weighted by molar-refractivity contribution is 5.96. The van der Waals surface area contributed by atoms with Gasteiger partial charge in [0.2, 0.25) is 5.91 Å². The fourth-order valence-corrected chi connectivity index (χ4v) is 2.78. The zero-order valence-electron chi connectivity index (χ0n) is 14.2. The Balaban J connectivity index is 1.85. The van der Waals surface area contributed by atoms with Gasteiger partial charge in [0.05, 0.1) is 0 Å². The zero-order chi connectivity index (χ0) is 18.2. The Hall–Kier alpha value is -2.48. The van der Waals surface area contributed by atoms with E-state index in [-0.39, 0.29) is 23.4 Å². The molecule has 2 rings (SSSR count). The molecule has 0 aliphatic carbocycles. The van der Waals surface area contributed by atoms with Crippen LogP contribution in [0.5, 0.6) is 0 Å². The van der Waals surface area contributed by atoms with E-state index in [4.69, 9.17) is 9.84 Å². The quantitative estimate of drug-likeness (QED) is 0.704. The second-order valence-corrected chi connectivity index (χ2v) is 5.94. The second kappa shape index (κ2) is 9.12. The normalized spacial score (nSPS) is 15.0. The van der Waals surface area contributed by atoms with Crippen molar-refractivity contribution in [3.8, 4) is 0 Å². The minimum absolute atomic E-state index is 0.0141. The topological polar surface area (TPSA) is 109 Å². The highest BCUT2D eigenvalue weighted by Gasteiger charge is 2.28. The summed E-state index contributed by atoms with van der Waals surface area (Å²) >= 11 is 0. The molecule has 1 aromatic heterocycles. The third-order valence-corrected chi connectivity index (χ3v) is 4.20. The summed E-state index contributed by atoms with van der Waals surface area (Å²) in [6.07, 6.45) is 3.28. The van der Waals surface area contributed by atoms with Gasteiger partial charge < -0.3 is 20.1 Å². The van der Waals surface area contributed by atoms with Crippen molar-refractivity contribution in [3.05, 3.63) is 29.6 Å². The molecule has 0 bridgehead atoms. The van der Waals surface area contributed by atoms with Crippen LogP contribution in [0.25, 0.3) is 0 Å². The van der Waals surface area contributed by atoms with Gasteiger partial charge in [0, 0.05) is 51.0 Å². The number of carbonyl (C=O) groups is 3. The lowest BCUT2D eigenvalue weighted by molar-refractivity contribution is -0.126. The molecule has 1 aliphatic rings. The summed E-state index contributed by atoms with van der Waals surface area (Å²) < 4.78 is 4.94. The monoisotopic (exact) mass is 349 g/mol. The summed E-state index contributed by atoms with van der Waals surface area (Å²) in [6.45, 7) is 2.14. The maximum absolute atomic E-state index is 12.5. The van der Waals surface area contributed by atoms with Gasteiger partial charge in [-0.2, -0.15) is 0 Å². The number of aromatic carboxylic acids is 1. The van der Waals surface area contributed by atoms with E-state index in [1.165, 1.54) is 18.3 Å². The molecule has 8 heteroatoms. The molecule has 1 fully saturated rings. The fourth-order valence-electron chi connectivity index (χ4n) is 2.78. The van der Waals surface area contributed by atoms with Crippen LogP contribution in [0.2, 0.25) is 0 Å². The van der Waals surface area contributed by atoms with Gasteiger partial charge in [-0.1, -0.05) is 0 Å². The molecule has 2 amide bonds. The van der Waals surface area contributed by atoms with Crippen LogP contribution in [0.15, 0.2) is 18.3 Å². The summed E-state index contributed by atoms with van der Waals surface area (Å²) in [5, 5.41) is 11.8. The van der Waals surface area contributed by atoms with Crippen LogP contribution >= 0.6 is 0 Å². The molecule has 0 aromatic carbocycles. The predicted molar refractivity (Wildman–Crippen MR) is 89.3 cm³/mol. The Morgan fingerprint density at radius 3 is 2.72 bits per heavy atom. The average molecular weight is 349 g/mol. The minimum atomic E-state index is -1.17. The summed E-state index contributed by atoms with van der Waals surface area (Å²) in [7, 11) is 1.62. The first-order valence-corrected chi connectivity index (χ1v) is 8.28. The largest absolute Gasteiger partial charge is 0.477 e. The summed E-state index contributed by atoms with van der Waals surface area (Å²) in [5.41, 5.74) is 0.144. The van der Waals surface area contributed by atoms with Crippen molar-refractivity contribution < 1.29 is 24.2 Å². The van der Waals surface area contributed by atoms with E-state index in [0.717, 1.165) is 6.42 Å². The first kappa shape index (κ1) is 18.9. The van der Waals surface area contributed by atoms with Gasteiger partial charge in [0.1, 0.15) is 5.69 Å². The third kappa shape index (κ3) is 5.25. The molecular weight excluding hydrogens is 326 g/mol. The van der Waals surface area contributed by atoms with Gasteiger partial charge >= 0.3 is 5.97 Å². The van der Waals surface area contributed by atoms with Crippen molar-refractivity contribution in [1.29, 1.82) is 0 Å². The molecule has 0 spiro atoms. The van der Waals surface area contributed by atoms with E-state index in [0.29, 0.717) is 44.6 Å². The second-order valence-electron chi connectivity index (χ2n) is 5.94. The smallest absolute Gasteiger partial charge is 0.354 e. The number of ether oxygens (including phenoxy) is 1. The van der Waals surface area contributed by atoms with E-state index in [9.17, 15) is 14.4 Å². The van der Waals surface area contributed by atoms with Gasteiger partial charge in [0.15, 0.2) is 0 Å². The average Bonchev–Trinajstić information content (AvgIpc) is 2.64. The number of hydrogen-bond acceptors (Lipinski definition) is 5. The van der Waals surface area contributed by atoms with Crippen molar-refractivity contribution >= 4 is 17.8 Å².